The molecular weight excluding hydrogens is 384 g/mol. The molecule has 0 N–H and O–H groups in total. The fourth-order valence-corrected chi connectivity index (χ4v) is 2.57. The van der Waals surface area contributed by atoms with Crippen LogP contribution >= 0.6 is 0 Å². The summed E-state index contributed by atoms with van der Waals surface area (Å²) in [7, 11) is 1.57. The number of alkyl halides is 2. The Morgan fingerprint density at radius 1 is 1.28 bits per heavy atom. The van der Waals surface area contributed by atoms with Crippen LogP contribution < -0.4 is 0 Å². The number of carbonyl (C=O) groups is 1. The molecule has 2 aromatic rings. The molecule has 0 radical (unpaired) electrons. The Morgan fingerprint density at radius 2 is 1.97 bits per heavy atom. The van der Waals surface area contributed by atoms with Crippen molar-refractivity contribution in [1.82, 2.24) is 15.0 Å². The van der Waals surface area contributed by atoms with Gasteiger partial charge in [-0.05, 0) is 18.9 Å². The van der Waals surface area contributed by atoms with Gasteiger partial charge >= 0.3 is 5.92 Å². The molecule has 2 rings (SSSR count). The van der Waals surface area contributed by atoms with Crippen molar-refractivity contribution in [1.29, 1.82) is 0 Å². The SMILES string of the molecule is CCC(C)N(Cc1ccc(-c2noc(C(C)(F)F)n2)cc1)C(=O)COCCOC. The van der Waals surface area contributed by atoms with Gasteiger partial charge in [0, 0.05) is 32.2 Å². The van der Waals surface area contributed by atoms with Crippen LogP contribution in [0.5, 0.6) is 0 Å². The zero-order valence-electron chi connectivity index (χ0n) is 17.2. The third-order valence-electron chi connectivity index (χ3n) is 4.47. The van der Waals surface area contributed by atoms with Crippen molar-refractivity contribution < 1.29 is 27.6 Å². The number of benzene rings is 1. The monoisotopic (exact) mass is 411 g/mol. The van der Waals surface area contributed by atoms with Crippen LogP contribution in [0.2, 0.25) is 0 Å². The standard InChI is InChI=1S/C20H27F2N3O4/c1-5-14(2)25(17(26)13-28-11-10-27-4)12-15-6-8-16(9-7-15)18-23-19(29-24-18)20(3,21)22/h6-9,14H,5,10-13H2,1-4H3. The molecule has 1 aromatic carbocycles. The predicted molar refractivity (Wildman–Crippen MR) is 102 cm³/mol. The first kappa shape index (κ1) is 22.9. The largest absolute Gasteiger partial charge is 0.382 e. The summed E-state index contributed by atoms with van der Waals surface area (Å²) < 4.78 is 41.4. The summed E-state index contributed by atoms with van der Waals surface area (Å²) in [5.74, 6) is -3.92. The molecule has 0 bridgehead atoms. The van der Waals surface area contributed by atoms with Crippen molar-refractivity contribution in [3.63, 3.8) is 0 Å². The second-order valence-corrected chi connectivity index (χ2v) is 6.83. The van der Waals surface area contributed by atoms with E-state index < -0.39 is 11.8 Å². The highest BCUT2D eigenvalue weighted by Gasteiger charge is 2.32. The highest BCUT2D eigenvalue weighted by atomic mass is 19.3. The van der Waals surface area contributed by atoms with E-state index in [9.17, 15) is 13.6 Å². The van der Waals surface area contributed by atoms with E-state index in [1.165, 1.54) is 0 Å². The quantitative estimate of drug-likeness (QED) is 0.526. The van der Waals surface area contributed by atoms with Gasteiger partial charge in [-0.2, -0.15) is 13.8 Å². The third kappa shape index (κ3) is 6.57. The highest BCUT2D eigenvalue weighted by Crippen LogP contribution is 2.27. The van der Waals surface area contributed by atoms with Gasteiger partial charge in [0.15, 0.2) is 0 Å². The van der Waals surface area contributed by atoms with E-state index in [1.54, 1.807) is 24.1 Å². The average molecular weight is 411 g/mol. The molecule has 1 aromatic heterocycles. The number of carbonyl (C=O) groups excluding carboxylic acids is 1. The lowest BCUT2D eigenvalue weighted by Crippen LogP contribution is -2.40. The molecule has 0 aliphatic heterocycles. The zero-order valence-corrected chi connectivity index (χ0v) is 17.2. The molecule has 0 saturated carbocycles. The van der Waals surface area contributed by atoms with Gasteiger partial charge in [0.2, 0.25) is 11.7 Å². The van der Waals surface area contributed by atoms with Crippen LogP contribution in [-0.2, 0) is 26.7 Å². The number of ether oxygens (including phenoxy) is 2. The van der Waals surface area contributed by atoms with Crippen LogP contribution in [0.4, 0.5) is 8.78 Å². The summed E-state index contributed by atoms with van der Waals surface area (Å²) in [4.78, 5) is 18.1. The minimum atomic E-state index is -3.19. The van der Waals surface area contributed by atoms with E-state index in [0.29, 0.717) is 32.2 Å². The van der Waals surface area contributed by atoms with Gasteiger partial charge in [-0.3, -0.25) is 4.79 Å². The number of hydrogen-bond donors (Lipinski definition) is 0. The smallest absolute Gasteiger partial charge is 0.322 e. The zero-order chi connectivity index (χ0) is 21.4. The molecule has 1 unspecified atom stereocenters. The van der Waals surface area contributed by atoms with Crippen molar-refractivity contribution in [3.8, 4) is 11.4 Å². The first-order valence-electron chi connectivity index (χ1n) is 9.43. The highest BCUT2D eigenvalue weighted by molar-refractivity contribution is 5.77. The number of hydrogen-bond acceptors (Lipinski definition) is 6. The van der Waals surface area contributed by atoms with Crippen LogP contribution in [0, 0.1) is 0 Å². The molecule has 0 saturated heterocycles. The number of amides is 1. The minimum absolute atomic E-state index is 0.0113. The van der Waals surface area contributed by atoms with Crippen molar-refractivity contribution in [2.45, 2.75) is 45.7 Å². The van der Waals surface area contributed by atoms with Gasteiger partial charge in [0.25, 0.3) is 5.89 Å². The molecule has 0 spiro atoms. The maximum Gasteiger partial charge on any atom is 0.322 e. The lowest BCUT2D eigenvalue weighted by atomic mass is 10.1. The van der Waals surface area contributed by atoms with Gasteiger partial charge in [0.1, 0.15) is 6.61 Å². The van der Waals surface area contributed by atoms with E-state index in [2.05, 4.69) is 14.7 Å². The minimum Gasteiger partial charge on any atom is -0.382 e. The van der Waals surface area contributed by atoms with Gasteiger partial charge in [0.05, 0.1) is 13.2 Å². The summed E-state index contributed by atoms with van der Waals surface area (Å²) in [5.41, 5.74) is 1.45. The average Bonchev–Trinajstić information content (AvgIpc) is 3.20. The second kappa shape index (κ2) is 10.4. The van der Waals surface area contributed by atoms with Crippen LogP contribution in [0.1, 0.15) is 38.6 Å². The number of nitrogens with zero attached hydrogens (tertiary/aromatic N) is 3. The molecule has 1 amide bonds. The van der Waals surface area contributed by atoms with Gasteiger partial charge < -0.3 is 18.9 Å². The lowest BCUT2D eigenvalue weighted by Gasteiger charge is -2.29. The van der Waals surface area contributed by atoms with Crippen molar-refractivity contribution in [2.75, 3.05) is 26.9 Å². The van der Waals surface area contributed by atoms with E-state index in [4.69, 9.17) is 9.47 Å². The number of halogens is 2. The molecule has 160 valence electrons. The maximum atomic E-state index is 13.3. The Bertz CT molecular complexity index is 775. The molecule has 29 heavy (non-hydrogen) atoms. The maximum absolute atomic E-state index is 13.3. The Labute approximate surface area is 169 Å². The van der Waals surface area contributed by atoms with Gasteiger partial charge in [-0.15, -0.1) is 0 Å². The first-order chi connectivity index (χ1) is 13.8. The fraction of sp³-hybridized carbons (Fsp3) is 0.550. The first-order valence-corrected chi connectivity index (χ1v) is 9.43. The number of rotatable bonds is 11. The molecule has 0 aliphatic carbocycles. The number of methoxy groups -OCH3 is 1. The van der Waals surface area contributed by atoms with E-state index in [-0.39, 0.29) is 24.4 Å². The molecule has 0 aliphatic rings. The second-order valence-electron chi connectivity index (χ2n) is 6.83. The van der Waals surface area contributed by atoms with Crippen LogP contribution in [0.25, 0.3) is 11.4 Å². The molecule has 1 heterocycles. The Kier molecular flexibility index (Phi) is 8.21. The normalized spacial score (nSPS) is 12.8. The molecule has 9 heteroatoms. The number of aromatic nitrogens is 2. The fourth-order valence-electron chi connectivity index (χ4n) is 2.57. The van der Waals surface area contributed by atoms with Crippen LogP contribution in [0.3, 0.4) is 0 Å². The van der Waals surface area contributed by atoms with E-state index in [1.807, 2.05) is 26.0 Å². The van der Waals surface area contributed by atoms with Crippen LogP contribution in [0.15, 0.2) is 28.8 Å². The van der Waals surface area contributed by atoms with E-state index >= 15 is 0 Å². The predicted octanol–water partition coefficient (Wildman–Crippen LogP) is 3.64. The van der Waals surface area contributed by atoms with Gasteiger partial charge in [-0.1, -0.05) is 36.3 Å². The Balaban J connectivity index is 2.06. The summed E-state index contributed by atoms with van der Waals surface area (Å²) in [6.07, 6.45) is 0.804. The van der Waals surface area contributed by atoms with Crippen molar-refractivity contribution in [2.24, 2.45) is 0 Å². The summed E-state index contributed by atoms with van der Waals surface area (Å²) >= 11 is 0. The van der Waals surface area contributed by atoms with Crippen molar-refractivity contribution >= 4 is 5.91 Å². The summed E-state index contributed by atoms with van der Waals surface area (Å²) in [6, 6.07) is 7.09. The molecule has 1 atom stereocenters. The Morgan fingerprint density at radius 3 is 2.52 bits per heavy atom. The third-order valence-corrected chi connectivity index (χ3v) is 4.47. The van der Waals surface area contributed by atoms with Gasteiger partial charge in [-0.25, -0.2) is 0 Å². The summed E-state index contributed by atoms with van der Waals surface area (Å²) in [6.45, 7) is 5.88. The van der Waals surface area contributed by atoms with E-state index in [0.717, 1.165) is 12.0 Å². The molecule has 7 nitrogen and oxygen atoms in total. The van der Waals surface area contributed by atoms with Crippen LogP contribution in [-0.4, -0.2) is 53.9 Å². The summed E-state index contributed by atoms with van der Waals surface area (Å²) in [5, 5.41) is 3.60. The lowest BCUT2D eigenvalue weighted by molar-refractivity contribution is -0.139. The molecule has 0 fully saturated rings. The topological polar surface area (TPSA) is 77.7 Å². The molecular formula is C20H27F2N3O4. The Hall–Kier alpha value is -2.39. The van der Waals surface area contributed by atoms with Crippen molar-refractivity contribution in [3.05, 3.63) is 35.7 Å².